The number of benzene rings is 1. The van der Waals surface area contributed by atoms with Crippen LogP contribution in [0.5, 0.6) is 0 Å². The van der Waals surface area contributed by atoms with Crippen molar-refractivity contribution in [2.45, 2.75) is 17.2 Å². The minimum Gasteiger partial charge on any atom is -0.467 e. The summed E-state index contributed by atoms with van der Waals surface area (Å²) in [6.07, 6.45) is 1.59. The highest BCUT2D eigenvalue weighted by Gasteiger charge is 2.05. The van der Waals surface area contributed by atoms with Gasteiger partial charge in [-0.3, -0.25) is 0 Å². The Morgan fingerprint density at radius 1 is 1.25 bits per heavy atom. The summed E-state index contributed by atoms with van der Waals surface area (Å²) in [5.74, 6) is -1.64. The Hall–Kier alpha value is -1.60. The molecule has 2 rings (SSSR count). The van der Waals surface area contributed by atoms with Gasteiger partial charge in [0.15, 0.2) is 5.11 Å². The van der Waals surface area contributed by atoms with Gasteiger partial charge in [0.1, 0.15) is 5.76 Å². The van der Waals surface area contributed by atoms with Gasteiger partial charge in [0.25, 0.3) is 5.76 Å². The first-order chi connectivity index (χ1) is 9.63. The van der Waals surface area contributed by atoms with E-state index in [1.165, 1.54) is 0 Å². The molecule has 0 amide bonds. The van der Waals surface area contributed by atoms with Gasteiger partial charge in [-0.1, -0.05) is 11.8 Å². The molecule has 0 unspecified atom stereocenters. The van der Waals surface area contributed by atoms with Gasteiger partial charge in [0.05, 0.1) is 12.8 Å². The van der Waals surface area contributed by atoms with Gasteiger partial charge >= 0.3 is 0 Å². The number of hydrogen-bond acceptors (Lipinski definition) is 3. The molecule has 7 heteroatoms. The number of halogens is 2. The zero-order chi connectivity index (χ0) is 14.4. The van der Waals surface area contributed by atoms with Gasteiger partial charge in [0.2, 0.25) is 0 Å². The van der Waals surface area contributed by atoms with Crippen LogP contribution in [0.4, 0.5) is 14.5 Å². The Morgan fingerprint density at radius 3 is 2.60 bits per heavy atom. The predicted octanol–water partition coefficient (Wildman–Crippen LogP) is 4.08. The van der Waals surface area contributed by atoms with Crippen molar-refractivity contribution in [2.75, 3.05) is 5.32 Å². The maximum Gasteiger partial charge on any atom is 0.288 e. The highest BCUT2D eigenvalue weighted by molar-refractivity contribution is 7.99. The molecule has 106 valence electrons. The lowest BCUT2D eigenvalue weighted by Crippen LogP contribution is -2.27. The fourth-order valence-corrected chi connectivity index (χ4v) is 2.16. The van der Waals surface area contributed by atoms with Crippen LogP contribution in [-0.2, 0) is 6.54 Å². The van der Waals surface area contributed by atoms with Gasteiger partial charge in [-0.05, 0) is 48.6 Å². The largest absolute Gasteiger partial charge is 0.467 e. The molecule has 20 heavy (non-hydrogen) atoms. The van der Waals surface area contributed by atoms with Crippen LogP contribution in [-0.4, -0.2) is 10.9 Å². The molecular formula is C13H12F2N2OS2. The van der Waals surface area contributed by atoms with Gasteiger partial charge < -0.3 is 15.1 Å². The van der Waals surface area contributed by atoms with E-state index in [1.807, 2.05) is 6.07 Å². The first kappa shape index (κ1) is 14.8. The van der Waals surface area contributed by atoms with Crippen molar-refractivity contribution in [3.8, 4) is 0 Å². The SMILES string of the molecule is FC(F)Sc1ccc(NC(=S)NCc2ccco2)cc1. The molecule has 0 spiro atoms. The zero-order valence-corrected chi connectivity index (χ0v) is 11.9. The quantitative estimate of drug-likeness (QED) is 0.642. The fourth-order valence-electron chi connectivity index (χ4n) is 1.48. The van der Waals surface area contributed by atoms with Crippen LogP contribution in [0.15, 0.2) is 52.0 Å². The van der Waals surface area contributed by atoms with Crippen molar-refractivity contribution >= 4 is 34.8 Å². The summed E-state index contributed by atoms with van der Waals surface area (Å²) in [5, 5.41) is 6.39. The van der Waals surface area contributed by atoms with E-state index in [0.29, 0.717) is 28.3 Å². The Bertz CT molecular complexity index is 544. The third-order valence-corrected chi connectivity index (χ3v) is 3.31. The molecule has 0 saturated heterocycles. The molecule has 0 saturated carbocycles. The Morgan fingerprint density at radius 2 is 2.00 bits per heavy atom. The normalized spacial score (nSPS) is 10.6. The van der Waals surface area contributed by atoms with E-state index < -0.39 is 5.76 Å². The number of furan rings is 1. The standard InChI is InChI=1S/C13H12F2N2OS2/c14-12(15)20-11-5-3-9(4-6-11)17-13(19)16-8-10-2-1-7-18-10/h1-7,12H,8H2,(H2,16,17,19). The van der Waals surface area contributed by atoms with Gasteiger partial charge in [0, 0.05) is 10.6 Å². The first-order valence-electron chi connectivity index (χ1n) is 5.75. The topological polar surface area (TPSA) is 37.2 Å². The van der Waals surface area contributed by atoms with Crippen molar-refractivity contribution in [1.82, 2.24) is 5.32 Å². The molecular weight excluding hydrogens is 302 g/mol. The number of rotatable bonds is 5. The molecule has 0 aliphatic carbocycles. The molecule has 1 aromatic carbocycles. The van der Waals surface area contributed by atoms with E-state index in [1.54, 1.807) is 36.6 Å². The molecule has 0 aliphatic heterocycles. The Balaban J connectivity index is 1.81. The summed E-state index contributed by atoms with van der Waals surface area (Å²) in [7, 11) is 0. The molecule has 0 fully saturated rings. The minimum atomic E-state index is -2.41. The van der Waals surface area contributed by atoms with Crippen molar-refractivity contribution < 1.29 is 13.2 Å². The number of anilines is 1. The van der Waals surface area contributed by atoms with Gasteiger partial charge in [-0.15, -0.1) is 0 Å². The molecule has 0 bridgehead atoms. The van der Waals surface area contributed by atoms with Crippen LogP contribution in [0.3, 0.4) is 0 Å². The van der Waals surface area contributed by atoms with Crippen LogP contribution >= 0.6 is 24.0 Å². The van der Waals surface area contributed by atoms with Crippen molar-refractivity contribution in [2.24, 2.45) is 0 Å². The Labute approximate surface area is 124 Å². The van der Waals surface area contributed by atoms with E-state index in [-0.39, 0.29) is 0 Å². The first-order valence-corrected chi connectivity index (χ1v) is 7.04. The van der Waals surface area contributed by atoms with E-state index in [9.17, 15) is 8.78 Å². The van der Waals surface area contributed by atoms with Gasteiger partial charge in [-0.25, -0.2) is 0 Å². The number of thioether (sulfide) groups is 1. The maximum absolute atomic E-state index is 12.2. The molecule has 1 aromatic heterocycles. The highest BCUT2D eigenvalue weighted by Crippen LogP contribution is 2.26. The molecule has 0 atom stereocenters. The number of nitrogens with one attached hydrogen (secondary N) is 2. The van der Waals surface area contributed by atoms with Crippen molar-refractivity contribution in [1.29, 1.82) is 0 Å². The monoisotopic (exact) mass is 314 g/mol. The third kappa shape index (κ3) is 4.82. The van der Waals surface area contributed by atoms with Crippen molar-refractivity contribution in [3.63, 3.8) is 0 Å². The summed E-state index contributed by atoms with van der Waals surface area (Å²) in [6.45, 7) is 0.484. The number of alkyl halides is 2. The lowest BCUT2D eigenvalue weighted by molar-refractivity contribution is 0.252. The van der Waals surface area contributed by atoms with Crippen LogP contribution < -0.4 is 10.6 Å². The molecule has 1 heterocycles. The lowest BCUT2D eigenvalue weighted by atomic mass is 10.3. The van der Waals surface area contributed by atoms with Crippen LogP contribution in [0.25, 0.3) is 0 Å². The second-order valence-electron chi connectivity index (χ2n) is 3.79. The predicted molar refractivity (Wildman–Crippen MR) is 80.1 cm³/mol. The molecule has 0 aliphatic rings. The zero-order valence-electron chi connectivity index (χ0n) is 10.3. The summed E-state index contributed by atoms with van der Waals surface area (Å²) in [4.78, 5) is 0.514. The minimum absolute atomic E-state index is 0.440. The number of hydrogen-bond donors (Lipinski definition) is 2. The molecule has 3 nitrogen and oxygen atoms in total. The second kappa shape index (κ2) is 7.25. The highest BCUT2D eigenvalue weighted by atomic mass is 32.2. The third-order valence-electron chi connectivity index (χ3n) is 2.34. The van der Waals surface area contributed by atoms with E-state index >= 15 is 0 Å². The van der Waals surface area contributed by atoms with Crippen LogP contribution in [0, 0.1) is 0 Å². The average molecular weight is 314 g/mol. The molecule has 2 aromatic rings. The summed E-state index contributed by atoms with van der Waals surface area (Å²) in [5.41, 5.74) is 0.737. The van der Waals surface area contributed by atoms with E-state index in [0.717, 1.165) is 11.4 Å². The second-order valence-corrected chi connectivity index (χ2v) is 5.26. The van der Waals surface area contributed by atoms with Crippen molar-refractivity contribution in [3.05, 3.63) is 48.4 Å². The molecule has 2 N–H and O–H groups in total. The lowest BCUT2D eigenvalue weighted by Gasteiger charge is -2.10. The smallest absolute Gasteiger partial charge is 0.288 e. The van der Waals surface area contributed by atoms with E-state index in [2.05, 4.69) is 10.6 Å². The number of thiocarbonyl (C=S) groups is 1. The van der Waals surface area contributed by atoms with Gasteiger partial charge in [-0.2, -0.15) is 8.78 Å². The molecule has 0 radical (unpaired) electrons. The summed E-state index contributed by atoms with van der Waals surface area (Å²) < 4.78 is 29.5. The van der Waals surface area contributed by atoms with Crippen LogP contribution in [0.2, 0.25) is 0 Å². The average Bonchev–Trinajstić information content (AvgIpc) is 2.91. The van der Waals surface area contributed by atoms with Crippen LogP contribution in [0.1, 0.15) is 5.76 Å². The van der Waals surface area contributed by atoms with E-state index in [4.69, 9.17) is 16.6 Å². The summed E-state index contributed by atoms with van der Waals surface area (Å²) >= 11 is 5.64. The summed E-state index contributed by atoms with van der Waals surface area (Å²) in [6, 6.07) is 10.3. The fraction of sp³-hybridized carbons (Fsp3) is 0.154. The maximum atomic E-state index is 12.2. The Kier molecular flexibility index (Phi) is 5.37.